The maximum atomic E-state index is 12.0. The molecule has 0 saturated heterocycles. The average Bonchev–Trinajstić information content (AvgIpc) is 2.67. The first kappa shape index (κ1) is 13.1. The summed E-state index contributed by atoms with van der Waals surface area (Å²) in [6.07, 6.45) is 2.33. The zero-order valence-corrected chi connectivity index (χ0v) is 11.3. The molecule has 0 unspecified atom stereocenters. The predicted octanol–water partition coefficient (Wildman–Crippen LogP) is 1.32. The van der Waals surface area contributed by atoms with Gasteiger partial charge >= 0.3 is 0 Å². The number of nitrogens with one attached hydrogen (secondary N) is 1. The predicted molar refractivity (Wildman–Crippen MR) is 66.1 cm³/mol. The van der Waals surface area contributed by atoms with Gasteiger partial charge in [-0.15, -0.1) is 0 Å². The van der Waals surface area contributed by atoms with Gasteiger partial charge in [-0.2, -0.15) is 10.1 Å². The number of aryl methyl sites for hydroxylation is 1. The van der Waals surface area contributed by atoms with Crippen molar-refractivity contribution in [3.05, 3.63) is 28.8 Å². The molecule has 2 heterocycles. The number of hydrogen-bond donors (Lipinski definition) is 1. The van der Waals surface area contributed by atoms with Gasteiger partial charge in [-0.05, 0) is 6.07 Å². The minimum atomic E-state index is -3.82. The Morgan fingerprint density at radius 2 is 2.06 bits per heavy atom. The summed E-state index contributed by atoms with van der Waals surface area (Å²) in [4.78, 5) is 7.31. The Labute approximate surface area is 113 Å². The quantitative estimate of drug-likeness (QED) is 0.864. The van der Waals surface area contributed by atoms with Gasteiger partial charge in [0, 0.05) is 13.2 Å². The van der Waals surface area contributed by atoms with Crippen LogP contribution >= 0.6 is 23.2 Å². The summed E-state index contributed by atoms with van der Waals surface area (Å²) in [5, 5.41) is 3.83. The Kier molecular flexibility index (Phi) is 3.42. The highest BCUT2D eigenvalue weighted by molar-refractivity contribution is 7.92. The van der Waals surface area contributed by atoms with Crippen LogP contribution in [0.25, 0.3) is 0 Å². The van der Waals surface area contributed by atoms with Gasteiger partial charge < -0.3 is 0 Å². The van der Waals surface area contributed by atoms with Crippen LogP contribution in [-0.2, 0) is 17.1 Å². The number of aromatic nitrogens is 4. The highest BCUT2D eigenvalue weighted by Crippen LogP contribution is 2.23. The summed E-state index contributed by atoms with van der Waals surface area (Å²) in [6, 6.07) is 1.20. The fourth-order valence-electron chi connectivity index (χ4n) is 1.12. The van der Waals surface area contributed by atoms with Crippen LogP contribution in [0.5, 0.6) is 0 Å². The molecule has 0 aromatic carbocycles. The standard InChI is InChI=1S/C8H7Cl2N5O2S/c1-15-8(12-4-13-15)14-18(16,17)5-2-6(9)7(10)11-3-5/h2-4H,1H3,(H,12,13,14). The molecule has 0 aliphatic heterocycles. The third-order valence-electron chi connectivity index (χ3n) is 2.02. The van der Waals surface area contributed by atoms with Crippen molar-refractivity contribution in [1.82, 2.24) is 19.7 Å². The van der Waals surface area contributed by atoms with Crippen LogP contribution in [0.4, 0.5) is 5.95 Å². The zero-order valence-electron chi connectivity index (χ0n) is 9.00. The van der Waals surface area contributed by atoms with E-state index in [1.165, 1.54) is 17.1 Å². The number of anilines is 1. The Bertz CT molecular complexity index is 685. The molecule has 0 aliphatic carbocycles. The molecule has 0 radical (unpaired) electrons. The lowest BCUT2D eigenvalue weighted by atomic mass is 10.5. The summed E-state index contributed by atoms with van der Waals surface area (Å²) < 4.78 is 27.5. The maximum Gasteiger partial charge on any atom is 0.265 e. The van der Waals surface area contributed by atoms with E-state index < -0.39 is 10.0 Å². The molecule has 0 bridgehead atoms. The van der Waals surface area contributed by atoms with Crippen LogP contribution in [0, 0.1) is 0 Å². The first-order chi connectivity index (χ1) is 8.40. The van der Waals surface area contributed by atoms with Crippen molar-refractivity contribution in [3.63, 3.8) is 0 Å². The molecule has 1 N–H and O–H groups in total. The van der Waals surface area contributed by atoms with Crippen LogP contribution in [0.15, 0.2) is 23.5 Å². The van der Waals surface area contributed by atoms with Gasteiger partial charge in [0.25, 0.3) is 10.0 Å². The van der Waals surface area contributed by atoms with E-state index in [-0.39, 0.29) is 21.0 Å². The van der Waals surface area contributed by atoms with Crippen molar-refractivity contribution in [1.29, 1.82) is 0 Å². The second kappa shape index (κ2) is 4.71. The summed E-state index contributed by atoms with van der Waals surface area (Å²) in [5.74, 6) is 0.0843. The van der Waals surface area contributed by atoms with Crippen LogP contribution in [0.3, 0.4) is 0 Å². The summed E-state index contributed by atoms with van der Waals surface area (Å²) in [5.41, 5.74) is 0. The Morgan fingerprint density at radius 3 is 2.61 bits per heavy atom. The van der Waals surface area contributed by atoms with E-state index >= 15 is 0 Å². The van der Waals surface area contributed by atoms with Crippen molar-refractivity contribution in [2.24, 2.45) is 7.05 Å². The normalized spacial score (nSPS) is 11.5. The number of nitrogens with zero attached hydrogens (tertiary/aromatic N) is 4. The summed E-state index contributed by atoms with van der Waals surface area (Å²) >= 11 is 11.3. The molecule has 10 heteroatoms. The molecule has 18 heavy (non-hydrogen) atoms. The first-order valence-electron chi connectivity index (χ1n) is 4.58. The number of halogens is 2. The molecule has 0 aliphatic rings. The van der Waals surface area contributed by atoms with E-state index in [2.05, 4.69) is 19.8 Å². The van der Waals surface area contributed by atoms with Gasteiger partial charge in [0.05, 0.1) is 5.02 Å². The molecule has 0 atom stereocenters. The molecule has 0 saturated carbocycles. The number of rotatable bonds is 3. The molecule has 0 amide bonds. The largest absolute Gasteiger partial charge is 0.265 e. The minimum absolute atomic E-state index is 0.0364. The van der Waals surface area contributed by atoms with Gasteiger partial charge in [0.15, 0.2) is 0 Å². The Morgan fingerprint density at radius 1 is 1.33 bits per heavy atom. The molecular formula is C8H7Cl2N5O2S. The van der Waals surface area contributed by atoms with Crippen molar-refractivity contribution < 1.29 is 8.42 Å². The summed E-state index contributed by atoms with van der Waals surface area (Å²) in [7, 11) is -2.27. The molecule has 2 aromatic heterocycles. The monoisotopic (exact) mass is 307 g/mol. The van der Waals surface area contributed by atoms with E-state index in [4.69, 9.17) is 23.2 Å². The lowest BCUT2D eigenvalue weighted by Crippen LogP contribution is -2.16. The Balaban J connectivity index is 2.37. The van der Waals surface area contributed by atoms with Crippen LogP contribution < -0.4 is 4.72 Å². The summed E-state index contributed by atoms with van der Waals surface area (Å²) in [6.45, 7) is 0. The maximum absolute atomic E-state index is 12.0. The second-order valence-electron chi connectivity index (χ2n) is 3.26. The van der Waals surface area contributed by atoms with Crippen molar-refractivity contribution >= 4 is 39.2 Å². The SMILES string of the molecule is Cn1ncnc1NS(=O)(=O)c1cnc(Cl)c(Cl)c1. The number of pyridine rings is 1. The fourth-order valence-corrected chi connectivity index (χ4v) is 2.46. The smallest absolute Gasteiger partial charge is 0.247 e. The third kappa shape index (κ3) is 2.55. The van der Waals surface area contributed by atoms with E-state index in [0.717, 1.165) is 6.20 Å². The number of hydrogen-bond acceptors (Lipinski definition) is 5. The molecule has 0 fully saturated rings. The lowest BCUT2D eigenvalue weighted by molar-refractivity contribution is 0.599. The van der Waals surface area contributed by atoms with Crippen molar-refractivity contribution in [3.8, 4) is 0 Å². The highest BCUT2D eigenvalue weighted by atomic mass is 35.5. The molecular weight excluding hydrogens is 301 g/mol. The van der Waals surface area contributed by atoms with Gasteiger partial charge in [0.1, 0.15) is 16.4 Å². The highest BCUT2D eigenvalue weighted by Gasteiger charge is 2.18. The van der Waals surface area contributed by atoms with Gasteiger partial charge in [0.2, 0.25) is 5.95 Å². The minimum Gasteiger partial charge on any atom is -0.247 e. The average molecular weight is 308 g/mol. The molecule has 0 spiro atoms. The van der Waals surface area contributed by atoms with E-state index in [1.54, 1.807) is 7.05 Å². The first-order valence-corrected chi connectivity index (χ1v) is 6.82. The fraction of sp³-hybridized carbons (Fsp3) is 0.125. The number of sulfonamides is 1. The van der Waals surface area contributed by atoms with Gasteiger partial charge in [-0.25, -0.2) is 22.8 Å². The van der Waals surface area contributed by atoms with E-state index in [0.29, 0.717) is 0 Å². The molecule has 2 rings (SSSR count). The van der Waals surface area contributed by atoms with Crippen molar-refractivity contribution in [2.45, 2.75) is 4.90 Å². The lowest BCUT2D eigenvalue weighted by Gasteiger charge is -2.06. The van der Waals surface area contributed by atoms with Gasteiger partial charge in [-0.1, -0.05) is 23.2 Å². The van der Waals surface area contributed by atoms with Crippen LogP contribution in [0.2, 0.25) is 10.2 Å². The zero-order chi connectivity index (χ0) is 13.3. The third-order valence-corrected chi connectivity index (χ3v) is 4.00. The van der Waals surface area contributed by atoms with E-state index in [9.17, 15) is 8.42 Å². The van der Waals surface area contributed by atoms with Crippen LogP contribution in [0.1, 0.15) is 0 Å². The topological polar surface area (TPSA) is 89.8 Å². The van der Waals surface area contributed by atoms with Crippen LogP contribution in [-0.4, -0.2) is 28.2 Å². The van der Waals surface area contributed by atoms with Crippen molar-refractivity contribution in [2.75, 3.05) is 4.72 Å². The van der Waals surface area contributed by atoms with E-state index in [1.807, 2.05) is 0 Å². The second-order valence-corrected chi connectivity index (χ2v) is 5.70. The molecule has 7 nitrogen and oxygen atoms in total. The van der Waals surface area contributed by atoms with Gasteiger partial charge in [-0.3, -0.25) is 0 Å². The molecule has 2 aromatic rings. The Hall–Kier alpha value is -1.38. The molecule has 96 valence electrons.